The number of anilines is 3. The minimum absolute atomic E-state index is 0.534. The molecule has 0 spiro atoms. The molecule has 1 N–H and O–H groups in total. The summed E-state index contributed by atoms with van der Waals surface area (Å²) in [5.74, 6) is 2.26. The van der Waals surface area contributed by atoms with Gasteiger partial charge in [0.15, 0.2) is 5.82 Å². The maximum atomic E-state index is 5.22. The maximum absolute atomic E-state index is 5.22. The Balaban J connectivity index is 1.57. The van der Waals surface area contributed by atoms with Crippen LogP contribution < -0.4 is 19.9 Å². The number of methoxy groups -OCH3 is 2. The summed E-state index contributed by atoms with van der Waals surface area (Å²) in [5.41, 5.74) is 1.21. The van der Waals surface area contributed by atoms with E-state index in [2.05, 4.69) is 42.4 Å². The molecule has 8 nitrogen and oxygen atoms in total. The van der Waals surface area contributed by atoms with Gasteiger partial charge < -0.3 is 24.6 Å². The van der Waals surface area contributed by atoms with Crippen LogP contribution in [0.3, 0.4) is 0 Å². The quantitative estimate of drug-likeness (QED) is 0.753. The Morgan fingerprint density at radius 1 is 1.04 bits per heavy atom. The molecule has 1 aliphatic heterocycles. The van der Waals surface area contributed by atoms with Crippen LogP contribution in [0.5, 0.6) is 5.75 Å². The van der Waals surface area contributed by atoms with Crippen molar-refractivity contribution in [3.8, 4) is 5.75 Å². The topological polar surface area (TPSA) is 75.6 Å². The second-order valence-electron chi connectivity index (χ2n) is 5.73. The highest BCUT2D eigenvalue weighted by Crippen LogP contribution is 2.22. The second-order valence-corrected chi connectivity index (χ2v) is 5.73. The van der Waals surface area contributed by atoms with Gasteiger partial charge >= 0.3 is 0 Å². The van der Waals surface area contributed by atoms with Crippen molar-refractivity contribution in [2.24, 2.45) is 0 Å². The molecular weight excluding hydrogens is 320 g/mol. The maximum Gasteiger partial charge on any atom is 0.244 e. The highest BCUT2D eigenvalue weighted by Gasteiger charge is 2.19. The van der Waals surface area contributed by atoms with E-state index in [4.69, 9.17) is 9.47 Å². The first kappa shape index (κ1) is 17.2. The molecule has 1 aromatic carbocycles. The van der Waals surface area contributed by atoms with Gasteiger partial charge in [-0.2, -0.15) is 10.1 Å². The van der Waals surface area contributed by atoms with E-state index < -0.39 is 0 Å². The summed E-state index contributed by atoms with van der Waals surface area (Å²) >= 11 is 0. The smallest absolute Gasteiger partial charge is 0.244 e. The largest absolute Gasteiger partial charge is 0.497 e. The number of nitrogens with zero attached hydrogens (tertiary/aromatic N) is 5. The molecule has 0 atom stereocenters. The molecule has 1 saturated heterocycles. The van der Waals surface area contributed by atoms with Gasteiger partial charge in [-0.05, 0) is 24.3 Å². The van der Waals surface area contributed by atoms with Crippen LogP contribution in [0.4, 0.5) is 17.5 Å². The van der Waals surface area contributed by atoms with E-state index in [0.29, 0.717) is 19.1 Å². The number of aromatic nitrogens is 3. The highest BCUT2D eigenvalue weighted by atomic mass is 16.5. The van der Waals surface area contributed by atoms with Gasteiger partial charge in [-0.1, -0.05) is 0 Å². The Morgan fingerprint density at radius 3 is 2.44 bits per heavy atom. The van der Waals surface area contributed by atoms with E-state index in [1.165, 1.54) is 5.69 Å². The standard InChI is InChI=1S/C17H24N6O2/c1-24-12-7-18-17-20-16(13-19-21-17)23-10-8-22(9-11-23)14-3-5-15(25-2)6-4-14/h3-6,13H,7-12H2,1-2H3,(H,18,20,21). The average molecular weight is 344 g/mol. The van der Waals surface area contributed by atoms with E-state index in [0.717, 1.165) is 37.7 Å². The van der Waals surface area contributed by atoms with Crippen LogP contribution in [0.15, 0.2) is 30.5 Å². The lowest BCUT2D eigenvalue weighted by atomic mass is 10.2. The Morgan fingerprint density at radius 2 is 1.76 bits per heavy atom. The van der Waals surface area contributed by atoms with E-state index in [1.54, 1.807) is 20.4 Å². The number of nitrogens with one attached hydrogen (secondary N) is 1. The highest BCUT2D eigenvalue weighted by molar-refractivity contribution is 5.51. The zero-order valence-corrected chi connectivity index (χ0v) is 14.7. The van der Waals surface area contributed by atoms with Crippen LogP contribution in [-0.2, 0) is 4.74 Å². The van der Waals surface area contributed by atoms with Gasteiger partial charge in [-0.15, -0.1) is 5.10 Å². The molecule has 2 heterocycles. The molecule has 0 saturated carbocycles. The van der Waals surface area contributed by atoms with Crippen molar-refractivity contribution < 1.29 is 9.47 Å². The fraction of sp³-hybridized carbons (Fsp3) is 0.471. The van der Waals surface area contributed by atoms with Gasteiger partial charge in [-0.3, -0.25) is 0 Å². The SMILES string of the molecule is COCCNc1nncc(N2CCN(c3ccc(OC)cc3)CC2)n1. The van der Waals surface area contributed by atoms with Crippen LogP contribution in [-0.4, -0.2) is 68.7 Å². The zero-order chi connectivity index (χ0) is 17.5. The second kappa shape index (κ2) is 8.48. The molecule has 0 radical (unpaired) electrons. The predicted molar refractivity (Wildman–Crippen MR) is 97.6 cm³/mol. The summed E-state index contributed by atoms with van der Waals surface area (Å²) in [6, 6.07) is 8.18. The summed E-state index contributed by atoms with van der Waals surface area (Å²) in [6.45, 7) is 4.91. The summed E-state index contributed by atoms with van der Waals surface area (Å²) in [5, 5.41) is 11.2. The van der Waals surface area contributed by atoms with Gasteiger partial charge in [0, 0.05) is 45.5 Å². The number of ether oxygens (including phenoxy) is 2. The molecule has 0 amide bonds. The number of benzene rings is 1. The molecule has 8 heteroatoms. The molecule has 134 valence electrons. The van der Waals surface area contributed by atoms with E-state index in [-0.39, 0.29) is 0 Å². The molecule has 1 aromatic heterocycles. The Labute approximate surface area is 147 Å². The fourth-order valence-electron chi connectivity index (χ4n) is 2.77. The molecule has 25 heavy (non-hydrogen) atoms. The monoisotopic (exact) mass is 344 g/mol. The van der Waals surface area contributed by atoms with Crippen LogP contribution >= 0.6 is 0 Å². The molecular formula is C17H24N6O2. The number of rotatable bonds is 7. The van der Waals surface area contributed by atoms with Crippen molar-refractivity contribution in [2.75, 3.05) is 68.7 Å². The minimum Gasteiger partial charge on any atom is -0.497 e. The number of piperazine rings is 1. The molecule has 0 bridgehead atoms. The van der Waals surface area contributed by atoms with Gasteiger partial charge in [0.05, 0.1) is 19.9 Å². The minimum atomic E-state index is 0.534. The van der Waals surface area contributed by atoms with Gasteiger partial charge in [-0.25, -0.2) is 0 Å². The third-order valence-electron chi connectivity index (χ3n) is 4.18. The van der Waals surface area contributed by atoms with Crippen LogP contribution in [0, 0.1) is 0 Å². The number of hydrogen-bond donors (Lipinski definition) is 1. The van der Waals surface area contributed by atoms with Gasteiger partial charge in [0.25, 0.3) is 0 Å². The van der Waals surface area contributed by atoms with Crippen molar-refractivity contribution in [1.29, 1.82) is 0 Å². The normalized spacial score (nSPS) is 14.5. The van der Waals surface area contributed by atoms with Crippen LogP contribution in [0.1, 0.15) is 0 Å². The van der Waals surface area contributed by atoms with Gasteiger partial charge in [0.2, 0.25) is 5.95 Å². The van der Waals surface area contributed by atoms with Crippen molar-refractivity contribution in [3.63, 3.8) is 0 Å². The Kier molecular flexibility index (Phi) is 5.84. The van der Waals surface area contributed by atoms with Crippen molar-refractivity contribution in [1.82, 2.24) is 15.2 Å². The van der Waals surface area contributed by atoms with Crippen molar-refractivity contribution >= 4 is 17.5 Å². The molecule has 0 aliphatic carbocycles. The van der Waals surface area contributed by atoms with Crippen molar-refractivity contribution in [3.05, 3.63) is 30.5 Å². The van der Waals surface area contributed by atoms with E-state index in [9.17, 15) is 0 Å². The predicted octanol–water partition coefficient (Wildman–Crippen LogP) is 1.27. The first-order valence-corrected chi connectivity index (χ1v) is 8.36. The lowest BCUT2D eigenvalue weighted by molar-refractivity contribution is 0.210. The third kappa shape index (κ3) is 4.48. The van der Waals surface area contributed by atoms with Crippen LogP contribution in [0.25, 0.3) is 0 Å². The van der Waals surface area contributed by atoms with E-state index in [1.807, 2.05) is 12.1 Å². The summed E-state index contributed by atoms with van der Waals surface area (Å²) < 4.78 is 10.2. The van der Waals surface area contributed by atoms with Gasteiger partial charge in [0.1, 0.15) is 5.75 Å². The lowest BCUT2D eigenvalue weighted by Gasteiger charge is -2.36. The summed E-state index contributed by atoms with van der Waals surface area (Å²) in [6.07, 6.45) is 1.71. The third-order valence-corrected chi connectivity index (χ3v) is 4.18. The first-order chi connectivity index (χ1) is 12.3. The zero-order valence-electron chi connectivity index (χ0n) is 14.7. The van der Waals surface area contributed by atoms with E-state index >= 15 is 0 Å². The summed E-state index contributed by atoms with van der Waals surface area (Å²) in [4.78, 5) is 9.14. The molecule has 1 fully saturated rings. The lowest BCUT2D eigenvalue weighted by Crippen LogP contribution is -2.47. The Hall–Kier alpha value is -2.61. The average Bonchev–Trinajstić information content (AvgIpc) is 2.69. The van der Waals surface area contributed by atoms with Crippen LogP contribution in [0.2, 0.25) is 0 Å². The molecule has 3 rings (SSSR count). The molecule has 1 aliphatic rings. The summed E-state index contributed by atoms with van der Waals surface area (Å²) in [7, 11) is 3.35. The number of hydrogen-bond acceptors (Lipinski definition) is 8. The first-order valence-electron chi connectivity index (χ1n) is 8.36. The molecule has 2 aromatic rings. The fourth-order valence-corrected chi connectivity index (χ4v) is 2.77. The van der Waals surface area contributed by atoms with Crippen molar-refractivity contribution in [2.45, 2.75) is 0 Å². The molecule has 0 unspecified atom stereocenters. The Bertz CT molecular complexity index is 658.